The molecule has 21 heavy (non-hydrogen) atoms. The highest BCUT2D eigenvalue weighted by Gasteiger charge is 2.16. The number of aromatic nitrogens is 1. The van der Waals surface area contributed by atoms with Crippen molar-refractivity contribution in [1.82, 2.24) is 4.98 Å². The van der Waals surface area contributed by atoms with Gasteiger partial charge in [-0.1, -0.05) is 6.07 Å². The Kier molecular flexibility index (Phi) is 4.42. The summed E-state index contributed by atoms with van der Waals surface area (Å²) in [5, 5.41) is 2.96. The van der Waals surface area contributed by atoms with Crippen LogP contribution in [0.2, 0.25) is 0 Å². The number of benzene rings is 1. The number of sulfonamides is 1. The van der Waals surface area contributed by atoms with E-state index in [1.165, 1.54) is 24.4 Å². The standard InChI is InChI=1S/C14H16FN3O2S/c1-3-16-14-7-5-11(9-17-14)21(19,20)18-13-6-4-10(2)8-12(13)15/h4-9,18H,3H2,1-2H3,(H,16,17). The highest BCUT2D eigenvalue weighted by Crippen LogP contribution is 2.20. The van der Waals surface area contributed by atoms with Crippen LogP contribution in [0.3, 0.4) is 0 Å². The summed E-state index contributed by atoms with van der Waals surface area (Å²) < 4.78 is 40.3. The molecule has 5 nitrogen and oxygen atoms in total. The van der Waals surface area contributed by atoms with Crippen molar-refractivity contribution in [1.29, 1.82) is 0 Å². The van der Waals surface area contributed by atoms with Gasteiger partial charge in [-0.25, -0.2) is 17.8 Å². The van der Waals surface area contributed by atoms with Gasteiger partial charge in [0.15, 0.2) is 0 Å². The van der Waals surface area contributed by atoms with Crippen molar-refractivity contribution >= 4 is 21.5 Å². The Morgan fingerprint density at radius 3 is 2.57 bits per heavy atom. The highest BCUT2D eigenvalue weighted by molar-refractivity contribution is 7.92. The van der Waals surface area contributed by atoms with Gasteiger partial charge in [0.25, 0.3) is 10.0 Å². The fourth-order valence-electron chi connectivity index (χ4n) is 1.73. The maximum absolute atomic E-state index is 13.7. The van der Waals surface area contributed by atoms with Gasteiger partial charge in [-0.15, -0.1) is 0 Å². The van der Waals surface area contributed by atoms with Crippen LogP contribution in [0.5, 0.6) is 0 Å². The first kappa shape index (κ1) is 15.2. The zero-order valence-corrected chi connectivity index (χ0v) is 12.5. The van der Waals surface area contributed by atoms with Crippen molar-refractivity contribution in [3.63, 3.8) is 0 Å². The van der Waals surface area contributed by atoms with Gasteiger partial charge < -0.3 is 5.32 Å². The van der Waals surface area contributed by atoms with Gasteiger partial charge in [0.2, 0.25) is 0 Å². The van der Waals surface area contributed by atoms with Gasteiger partial charge >= 0.3 is 0 Å². The molecular formula is C14H16FN3O2S. The Morgan fingerprint density at radius 1 is 1.24 bits per heavy atom. The Morgan fingerprint density at radius 2 is 2.00 bits per heavy atom. The van der Waals surface area contributed by atoms with Crippen molar-refractivity contribution in [2.24, 2.45) is 0 Å². The lowest BCUT2D eigenvalue weighted by Gasteiger charge is -2.10. The minimum Gasteiger partial charge on any atom is -0.370 e. The van der Waals surface area contributed by atoms with Crippen molar-refractivity contribution < 1.29 is 12.8 Å². The van der Waals surface area contributed by atoms with E-state index in [9.17, 15) is 12.8 Å². The molecule has 0 saturated carbocycles. The zero-order valence-electron chi connectivity index (χ0n) is 11.7. The molecule has 0 saturated heterocycles. The Bertz CT molecular complexity index is 730. The number of aryl methyl sites for hydroxylation is 1. The lowest BCUT2D eigenvalue weighted by atomic mass is 10.2. The number of hydrogen-bond donors (Lipinski definition) is 2. The minimum absolute atomic E-state index is 0.0240. The second-order valence-corrected chi connectivity index (χ2v) is 6.18. The van der Waals surface area contributed by atoms with Gasteiger partial charge in [0.1, 0.15) is 16.5 Å². The molecule has 0 aliphatic carbocycles. The summed E-state index contributed by atoms with van der Waals surface area (Å²) in [5.74, 6) is -0.0335. The van der Waals surface area contributed by atoms with Gasteiger partial charge in [0.05, 0.1) is 5.69 Å². The summed E-state index contributed by atoms with van der Waals surface area (Å²) in [4.78, 5) is 3.96. The molecule has 0 atom stereocenters. The molecule has 0 radical (unpaired) electrons. The zero-order chi connectivity index (χ0) is 15.5. The molecule has 0 unspecified atom stereocenters. The largest absolute Gasteiger partial charge is 0.370 e. The van der Waals surface area contributed by atoms with Crippen LogP contribution in [0.25, 0.3) is 0 Å². The average molecular weight is 309 g/mol. The Labute approximate surface area is 123 Å². The molecule has 2 aromatic rings. The fraction of sp³-hybridized carbons (Fsp3) is 0.214. The summed E-state index contributed by atoms with van der Waals surface area (Å²) >= 11 is 0. The van der Waals surface area contributed by atoms with Gasteiger partial charge in [-0.3, -0.25) is 4.72 Å². The molecule has 0 spiro atoms. The van der Waals surface area contributed by atoms with E-state index in [1.54, 1.807) is 19.1 Å². The summed E-state index contributed by atoms with van der Waals surface area (Å²) in [6.07, 6.45) is 1.23. The minimum atomic E-state index is -3.86. The van der Waals surface area contributed by atoms with Gasteiger partial charge in [-0.2, -0.15) is 0 Å². The monoisotopic (exact) mass is 309 g/mol. The van der Waals surface area contributed by atoms with Gasteiger partial charge in [-0.05, 0) is 43.7 Å². The van der Waals surface area contributed by atoms with E-state index in [-0.39, 0.29) is 10.6 Å². The van der Waals surface area contributed by atoms with E-state index in [2.05, 4.69) is 15.0 Å². The van der Waals surface area contributed by atoms with Crippen LogP contribution in [-0.2, 0) is 10.0 Å². The first-order valence-electron chi connectivity index (χ1n) is 6.41. The van der Waals surface area contributed by atoms with Crippen LogP contribution in [0.4, 0.5) is 15.9 Å². The summed E-state index contributed by atoms with van der Waals surface area (Å²) in [6, 6.07) is 7.27. The van der Waals surface area contributed by atoms with E-state index < -0.39 is 15.8 Å². The number of nitrogens with one attached hydrogen (secondary N) is 2. The maximum atomic E-state index is 13.7. The molecule has 0 bridgehead atoms. The number of hydrogen-bond acceptors (Lipinski definition) is 4. The molecule has 0 fully saturated rings. The normalized spacial score (nSPS) is 11.2. The Balaban J connectivity index is 2.25. The molecule has 1 aromatic carbocycles. The van der Waals surface area contributed by atoms with Crippen LogP contribution >= 0.6 is 0 Å². The molecule has 0 amide bonds. The van der Waals surface area contributed by atoms with Gasteiger partial charge in [0, 0.05) is 12.7 Å². The molecule has 0 aliphatic rings. The lowest BCUT2D eigenvalue weighted by Crippen LogP contribution is -2.14. The number of rotatable bonds is 5. The molecule has 112 valence electrons. The molecule has 1 heterocycles. The molecule has 7 heteroatoms. The number of pyridine rings is 1. The van der Waals surface area contributed by atoms with Crippen molar-refractivity contribution in [3.05, 3.63) is 47.9 Å². The predicted octanol–water partition coefficient (Wildman–Crippen LogP) is 2.76. The molecule has 0 aliphatic heterocycles. The summed E-state index contributed by atoms with van der Waals surface area (Å²) in [6.45, 7) is 4.32. The topological polar surface area (TPSA) is 71.1 Å². The lowest BCUT2D eigenvalue weighted by molar-refractivity contribution is 0.598. The van der Waals surface area contributed by atoms with E-state index >= 15 is 0 Å². The van der Waals surface area contributed by atoms with Crippen LogP contribution in [-0.4, -0.2) is 19.9 Å². The predicted molar refractivity (Wildman–Crippen MR) is 80.3 cm³/mol. The van der Waals surface area contributed by atoms with Crippen LogP contribution in [0.1, 0.15) is 12.5 Å². The fourth-order valence-corrected chi connectivity index (χ4v) is 2.74. The van der Waals surface area contributed by atoms with Crippen LogP contribution < -0.4 is 10.0 Å². The number of halogens is 1. The molecule has 1 aromatic heterocycles. The summed E-state index contributed by atoms with van der Waals surface area (Å²) in [7, 11) is -3.86. The van der Waals surface area contributed by atoms with E-state index in [1.807, 2.05) is 6.92 Å². The first-order chi connectivity index (χ1) is 9.92. The third-order valence-electron chi connectivity index (χ3n) is 2.77. The maximum Gasteiger partial charge on any atom is 0.263 e. The average Bonchev–Trinajstić information content (AvgIpc) is 2.43. The third kappa shape index (κ3) is 3.69. The van der Waals surface area contributed by atoms with Crippen molar-refractivity contribution in [3.8, 4) is 0 Å². The SMILES string of the molecule is CCNc1ccc(S(=O)(=O)Nc2ccc(C)cc2F)cn1. The molecule has 2 N–H and O–H groups in total. The molecular weight excluding hydrogens is 293 g/mol. The third-order valence-corrected chi connectivity index (χ3v) is 4.12. The summed E-state index contributed by atoms with van der Waals surface area (Å²) in [5.41, 5.74) is 0.628. The van der Waals surface area contributed by atoms with Crippen molar-refractivity contribution in [2.75, 3.05) is 16.6 Å². The van der Waals surface area contributed by atoms with E-state index in [0.717, 1.165) is 0 Å². The second-order valence-electron chi connectivity index (χ2n) is 4.50. The van der Waals surface area contributed by atoms with E-state index in [4.69, 9.17) is 0 Å². The highest BCUT2D eigenvalue weighted by atomic mass is 32.2. The number of anilines is 2. The van der Waals surface area contributed by atoms with Crippen LogP contribution in [0, 0.1) is 12.7 Å². The number of nitrogens with zero attached hydrogens (tertiary/aromatic N) is 1. The van der Waals surface area contributed by atoms with E-state index in [0.29, 0.717) is 17.9 Å². The smallest absolute Gasteiger partial charge is 0.263 e. The van der Waals surface area contributed by atoms with Crippen LogP contribution in [0.15, 0.2) is 41.4 Å². The first-order valence-corrected chi connectivity index (χ1v) is 7.89. The quantitative estimate of drug-likeness (QED) is 0.891. The van der Waals surface area contributed by atoms with Crippen molar-refractivity contribution in [2.45, 2.75) is 18.7 Å². The Hall–Kier alpha value is -2.15. The second kappa shape index (κ2) is 6.09. The molecule has 2 rings (SSSR count).